The maximum Gasteiger partial charge on any atom is 0.225 e. The van der Waals surface area contributed by atoms with Crippen molar-refractivity contribution in [2.75, 3.05) is 7.05 Å². The maximum absolute atomic E-state index is 10.3. The predicted octanol–water partition coefficient (Wildman–Crippen LogP) is 3.17. The summed E-state index contributed by atoms with van der Waals surface area (Å²) in [7, 11) is 1.45. The zero-order valence-corrected chi connectivity index (χ0v) is 21.9. The number of hydrogen-bond donors (Lipinski definition) is 0. The van der Waals surface area contributed by atoms with Crippen LogP contribution in [0.1, 0.15) is 42.5 Å². The van der Waals surface area contributed by atoms with Crippen molar-refractivity contribution in [2.45, 2.75) is 42.5 Å². The van der Waals surface area contributed by atoms with Crippen LogP contribution in [0.5, 0.6) is 0 Å². The van der Waals surface area contributed by atoms with Gasteiger partial charge in [0, 0.05) is 128 Å². The molecule has 0 rings (SSSR count). The summed E-state index contributed by atoms with van der Waals surface area (Å²) in [6.07, 6.45) is 0. The zero-order valence-electron chi connectivity index (χ0n) is 13.4. The Balaban J connectivity index is -0.0000000146. The van der Waals surface area contributed by atoms with E-state index in [2.05, 4.69) is 5.32 Å². The molecule has 0 atom stereocenters. The van der Waals surface area contributed by atoms with Gasteiger partial charge in [-0.25, -0.2) is 0 Å². The van der Waals surface area contributed by atoms with Gasteiger partial charge in [0.15, 0.2) is 0 Å². The molecular formula is C12H27F3N2O4Y3-2. The minimum atomic E-state index is -0.437. The van der Waals surface area contributed by atoms with E-state index in [9.17, 15) is 19.2 Å². The normalized spacial score (nSPS) is 5.29. The molecule has 6 nitrogen and oxygen atoms in total. The molecule has 0 unspecified atom stereocenters. The second-order valence-electron chi connectivity index (χ2n) is 2.75. The number of hydrogen-bond acceptors (Lipinski definition) is 4. The molecule has 141 valence electrons. The second kappa shape index (κ2) is 44.1. The van der Waals surface area contributed by atoms with Gasteiger partial charge >= 0.3 is 0 Å². The van der Waals surface area contributed by atoms with Gasteiger partial charge in [0.1, 0.15) is 0 Å². The molecule has 4 amide bonds. The molecule has 0 heterocycles. The Morgan fingerprint density at radius 2 is 0.917 bits per heavy atom. The molecule has 0 N–H and O–H groups in total. The van der Waals surface area contributed by atoms with Crippen LogP contribution < -0.4 is 0 Å². The molecule has 3 radical (unpaired) electrons. The molecule has 24 heavy (non-hydrogen) atoms. The van der Waals surface area contributed by atoms with E-state index in [1.54, 1.807) is 0 Å². The van der Waals surface area contributed by atoms with Crippen LogP contribution in [-0.2, 0) is 117 Å². The van der Waals surface area contributed by atoms with Gasteiger partial charge in [-0.15, -0.1) is 0 Å². The van der Waals surface area contributed by atoms with Crippen molar-refractivity contribution in [1.29, 1.82) is 0 Å². The molecule has 12 heteroatoms. The summed E-state index contributed by atoms with van der Waals surface area (Å²) in [5, 5.41) is 3.00. The third-order valence-electron chi connectivity index (χ3n) is 1.26. The fourth-order valence-corrected chi connectivity index (χ4v) is 0.443. The number of imide groups is 2. The van der Waals surface area contributed by atoms with Crippen LogP contribution in [0, 0.1) is 7.43 Å². The van der Waals surface area contributed by atoms with Crippen molar-refractivity contribution < 1.29 is 131 Å². The van der Waals surface area contributed by atoms with Crippen molar-refractivity contribution in [3.8, 4) is 0 Å². The summed E-state index contributed by atoms with van der Waals surface area (Å²) < 4.78 is 16.0. The molecule has 0 spiro atoms. The van der Waals surface area contributed by atoms with E-state index in [1.807, 2.05) is 0 Å². The van der Waals surface area contributed by atoms with Gasteiger partial charge in [-0.2, -0.15) is 0 Å². The topological polar surface area (TPSA) is 85.6 Å². The summed E-state index contributed by atoms with van der Waals surface area (Å²) in [4.78, 5) is 41.4. The van der Waals surface area contributed by atoms with E-state index >= 15 is 0 Å². The van der Waals surface area contributed by atoms with Gasteiger partial charge in [-0.1, -0.05) is 14.9 Å². The van der Waals surface area contributed by atoms with E-state index in [4.69, 9.17) is 9.15 Å². The molecule has 0 saturated carbocycles. The van der Waals surface area contributed by atoms with Crippen molar-refractivity contribution >= 4 is 23.6 Å². The SMILES string of the molecule is C.C.CC(=O)N(C)C(C)=O.CC(=O)[N-]C(C)=O.F.FF.[CH3-].[Y].[Y].[Y]. The molecule has 0 fully saturated rings. The molecule has 0 aliphatic carbocycles. The van der Waals surface area contributed by atoms with Gasteiger partial charge in [-0.05, 0) is 13.8 Å². The first-order valence-corrected chi connectivity index (χ1v) is 4.30. The Morgan fingerprint density at radius 3 is 0.917 bits per heavy atom. The average molecular weight is 587 g/mol. The Kier molecular flexibility index (Phi) is 117. The number of carbonyl (C=O) groups excluding carboxylic acids is 4. The van der Waals surface area contributed by atoms with Gasteiger partial charge in [0.25, 0.3) is 0 Å². The maximum atomic E-state index is 10.3. The first kappa shape index (κ1) is 63.8. The van der Waals surface area contributed by atoms with Crippen LogP contribution in [0.3, 0.4) is 0 Å². The van der Waals surface area contributed by atoms with Crippen LogP contribution in [0.25, 0.3) is 5.32 Å². The number of carbonyl (C=O) groups is 4. The molecule has 0 aliphatic heterocycles. The summed E-state index contributed by atoms with van der Waals surface area (Å²) >= 11 is 0. The Morgan fingerprint density at radius 1 is 0.750 bits per heavy atom. The molecule has 0 aromatic heterocycles. The predicted molar refractivity (Wildman–Crippen MR) is 78.4 cm³/mol. The Labute approximate surface area is 219 Å². The molecule has 0 aromatic carbocycles. The molecule has 0 bridgehead atoms. The van der Waals surface area contributed by atoms with Gasteiger partial charge in [0.2, 0.25) is 11.8 Å². The monoisotopic (exact) mass is 587 g/mol. The summed E-state index contributed by atoms with van der Waals surface area (Å²) in [6, 6.07) is 0. The van der Waals surface area contributed by atoms with E-state index < -0.39 is 11.8 Å². The molecule has 0 aromatic rings. The molecule has 0 saturated heterocycles. The second-order valence-corrected chi connectivity index (χ2v) is 2.75. The number of amides is 4. The largest absolute Gasteiger partial charge is 0.596 e. The zero-order chi connectivity index (χ0) is 14.6. The van der Waals surface area contributed by atoms with Crippen molar-refractivity contribution in [2.24, 2.45) is 0 Å². The minimum Gasteiger partial charge on any atom is -0.596 e. The van der Waals surface area contributed by atoms with Crippen molar-refractivity contribution in [1.82, 2.24) is 4.90 Å². The molecular weight excluding hydrogens is 560 g/mol. The first-order chi connectivity index (χ1) is 7.68. The van der Waals surface area contributed by atoms with Crippen molar-refractivity contribution in [3.05, 3.63) is 12.7 Å². The van der Waals surface area contributed by atoms with Gasteiger partial charge in [0.05, 0.1) is 11.8 Å². The summed E-state index contributed by atoms with van der Waals surface area (Å²) in [5.41, 5.74) is 0. The smallest absolute Gasteiger partial charge is 0.225 e. The minimum absolute atomic E-state index is 0. The van der Waals surface area contributed by atoms with Crippen LogP contribution in [0.4, 0.5) is 13.9 Å². The summed E-state index contributed by atoms with van der Waals surface area (Å²) in [6.45, 7) is 5.17. The van der Waals surface area contributed by atoms with Gasteiger partial charge in [-0.3, -0.25) is 19.2 Å². The number of rotatable bonds is 0. The van der Waals surface area contributed by atoms with Crippen LogP contribution in [0.15, 0.2) is 0 Å². The summed E-state index contributed by atoms with van der Waals surface area (Å²) in [5.74, 6) is -1.32. The van der Waals surface area contributed by atoms with Crippen LogP contribution in [-0.4, -0.2) is 35.6 Å². The quantitative estimate of drug-likeness (QED) is 0.408. The first-order valence-electron chi connectivity index (χ1n) is 4.30. The fraction of sp³-hybridized carbons (Fsp3) is 0.583. The number of halogens is 3. The third kappa shape index (κ3) is 65.4. The molecule has 0 aliphatic rings. The Bertz CT molecular complexity index is 275. The van der Waals surface area contributed by atoms with Crippen LogP contribution >= 0.6 is 0 Å². The van der Waals surface area contributed by atoms with E-state index in [-0.39, 0.29) is 137 Å². The van der Waals surface area contributed by atoms with Gasteiger partial charge < -0.3 is 22.3 Å². The van der Waals surface area contributed by atoms with Crippen molar-refractivity contribution in [3.63, 3.8) is 0 Å². The third-order valence-corrected chi connectivity index (χ3v) is 1.26. The van der Waals surface area contributed by atoms with E-state index in [1.165, 1.54) is 34.7 Å². The fourth-order valence-electron chi connectivity index (χ4n) is 0.443. The average Bonchev–Trinajstić information content (AvgIpc) is 2.18. The Hall–Kier alpha value is 1.38. The van der Waals surface area contributed by atoms with E-state index in [0.29, 0.717) is 0 Å². The van der Waals surface area contributed by atoms with E-state index in [0.717, 1.165) is 4.90 Å². The standard InChI is InChI=1S/C5H9NO2.C4H7NO2.2CH4.CH3.F2.FH.3Y/c1-4(7)6(3)5(2)8;1-3(6)5-4(2)7;;;;1-2;;;;/h1-3H3;1-2H3,(H,5,6,7);2*1H4;1H3;;1H;;;/q;;;;-1;;;;;/p-1. The number of nitrogens with zero attached hydrogens (tertiary/aromatic N) is 2. The van der Waals surface area contributed by atoms with Crippen LogP contribution in [0.2, 0.25) is 0 Å².